The average Bonchev–Trinajstić information content (AvgIpc) is 2.98. The molecule has 8 heteroatoms. The number of carbonyl (C=O) groups is 2. The van der Waals surface area contributed by atoms with Gasteiger partial charge < -0.3 is 15.0 Å². The Morgan fingerprint density at radius 2 is 2.15 bits per heavy atom. The quantitative estimate of drug-likeness (QED) is 0.822. The standard InChI is InChI=1S/C19H19ClFN3O3/c1-2-27-18-15(20)9-13(10-22-18)17(25)23-16-7-8-24(19(16)26)11-12-3-5-14(21)6-4-12/h3-6,9-10,16H,2,7-8,11H2,1H3,(H,23,25). The van der Waals surface area contributed by atoms with Crippen LogP contribution in [0, 0.1) is 5.82 Å². The predicted octanol–water partition coefficient (Wildman–Crippen LogP) is 2.80. The molecule has 2 aromatic rings. The molecule has 1 fully saturated rings. The van der Waals surface area contributed by atoms with Crippen molar-refractivity contribution in [2.45, 2.75) is 25.9 Å². The van der Waals surface area contributed by atoms with Crippen molar-refractivity contribution in [1.29, 1.82) is 0 Å². The van der Waals surface area contributed by atoms with E-state index in [1.807, 2.05) is 6.92 Å². The number of rotatable bonds is 6. The molecule has 3 rings (SSSR count). The first-order valence-electron chi connectivity index (χ1n) is 8.60. The Bertz CT molecular complexity index is 845. The highest BCUT2D eigenvalue weighted by atomic mass is 35.5. The highest BCUT2D eigenvalue weighted by Gasteiger charge is 2.33. The van der Waals surface area contributed by atoms with Crippen LogP contribution >= 0.6 is 11.6 Å². The van der Waals surface area contributed by atoms with Crippen LogP contribution in [-0.2, 0) is 11.3 Å². The van der Waals surface area contributed by atoms with E-state index in [0.717, 1.165) is 5.56 Å². The minimum absolute atomic E-state index is 0.169. The van der Waals surface area contributed by atoms with Gasteiger partial charge in [0.15, 0.2) is 0 Å². The van der Waals surface area contributed by atoms with Gasteiger partial charge in [-0.25, -0.2) is 9.37 Å². The Morgan fingerprint density at radius 3 is 2.81 bits per heavy atom. The van der Waals surface area contributed by atoms with Gasteiger partial charge in [-0.1, -0.05) is 23.7 Å². The van der Waals surface area contributed by atoms with Crippen molar-refractivity contribution >= 4 is 23.4 Å². The fraction of sp³-hybridized carbons (Fsp3) is 0.316. The van der Waals surface area contributed by atoms with Crippen molar-refractivity contribution in [2.75, 3.05) is 13.2 Å². The molecule has 0 bridgehead atoms. The number of pyridine rings is 1. The van der Waals surface area contributed by atoms with Gasteiger partial charge in [0.05, 0.1) is 12.2 Å². The van der Waals surface area contributed by atoms with Crippen molar-refractivity contribution < 1.29 is 18.7 Å². The molecule has 1 unspecified atom stereocenters. The number of halogens is 2. The zero-order valence-electron chi connectivity index (χ0n) is 14.7. The number of carbonyl (C=O) groups excluding carboxylic acids is 2. The number of hydrogen-bond acceptors (Lipinski definition) is 4. The minimum atomic E-state index is -0.608. The Labute approximate surface area is 161 Å². The third-order valence-corrected chi connectivity index (χ3v) is 4.51. The van der Waals surface area contributed by atoms with Crippen LogP contribution in [0.4, 0.5) is 4.39 Å². The topological polar surface area (TPSA) is 71.5 Å². The maximum Gasteiger partial charge on any atom is 0.253 e. The first-order chi connectivity index (χ1) is 13.0. The van der Waals surface area contributed by atoms with E-state index in [0.29, 0.717) is 26.1 Å². The van der Waals surface area contributed by atoms with Gasteiger partial charge in [0.2, 0.25) is 11.8 Å². The van der Waals surface area contributed by atoms with Crippen molar-refractivity contribution in [3.8, 4) is 5.88 Å². The van der Waals surface area contributed by atoms with Crippen LogP contribution in [0.5, 0.6) is 5.88 Å². The largest absolute Gasteiger partial charge is 0.477 e. The molecule has 1 aromatic carbocycles. The lowest BCUT2D eigenvalue weighted by molar-refractivity contribution is -0.129. The number of nitrogens with zero attached hydrogens (tertiary/aromatic N) is 2. The number of amides is 2. The summed E-state index contributed by atoms with van der Waals surface area (Å²) in [6.45, 7) is 3.12. The molecule has 2 heterocycles. The van der Waals surface area contributed by atoms with Gasteiger partial charge in [0.25, 0.3) is 5.91 Å². The second-order valence-corrected chi connectivity index (χ2v) is 6.55. The summed E-state index contributed by atoms with van der Waals surface area (Å²) in [6.07, 6.45) is 1.87. The third-order valence-electron chi connectivity index (χ3n) is 4.24. The van der Waals surface area contributed by atoms with Crippen LogP contribution in [0.3, 0.4) is 0 Å². The highest BCUT2D eigenvalue weighted by Crippen LogP contribution is 2.23. The molecule has 0 spiro atoms. The molecule has 1 aromatic heterocycles. The normalized spacial score (nSPS) is 16.5. The number of ether oxygens (including phenoxy) is 1. The third kappa shape index (κ3) is 4.54. The van der Waals surface area contributed by atoms with Gasteiger partial charge in [-0.3, -0.25) is 9.59 Å². The summed E-state index contributed by atoms with van der Waals surface area (Å²) < 4.78 is 18.2. The molecule has 0 radical (unpaired) electrons. The second kappa shape index (κ2) is 8.35. The highest BCUT2D eigenvalue weighted by molar-refractivity contribution is 6.32. The number of benzene rings is 1. The van der Waals surface area contributed by atoms with Gasteiger partial charge in [-0.05, 0) is 37.1 Å². The molecule has 1 aliphatic heterocycles. The maximum atomic E-state index is 13.0. The lowest BCUT2D eigenvalue weighted by Gasteiger charge is -2.17. The molecule has 142 valence electrons. The molecule has 1 N–H and O–H groups in total. The molecular weight excluding hydrogens is 373 g/mol. The number of likely N-dealkylation sites (tertiary alicyclic amines) is 1. The molecule has 0 saturated carbocycles. The van der Waals surface area contributed by atoms with E-state index in [4.69, 9.17) is 16.3 Å². The molecule has 1 aliphatic rings. The van der Waals surface area contributed by atoms with E-state index in [2.05, 4.69) is 10.3 Å². The first-order valence-corrected chi connectivity index (χ1v) is 8.98. The molecular formula is C19H19ClFN3O3. The fourth-order valence-corrected chi connectivity index (χ4v) is 3.10. The minimum Gasteiger partial charge on any atom is -0.477 e. The van der Waals surface area contributed by atoms with Gasteiger partial charge in [-0.2, -0.15) is 0 Å². The van der Waals surface area contributed by atoms with Crippen LogP contribution in [0.1, 0.15) is 29.3 Å². The SMILES string of the molecule is CCOc1ncc(C(=O)NC2CCN(Cc3ccc(F)cc3)C2=O)cc1Cl. The summed E-state index contributed by atoms with van der Waals surface area (Å²) in [6, 6.07) is 6.85. The Hall–Kier alpha value is -2.67. The fourth-order valence-electron chi connectivity index (χ4n) is 2.87. The zero-order chi connectivity index (χ0) is 19.4. The second-order valence-electron chi connectivity index (χ2n) is 6.14. The predicted molar refractivity (Wildman–Crippen MR) is 98.1 cm³/mol. The monoisotopic (exact) mass is 391 g/mol. The van der Waals surface area contributed by atoms with Gasteiger partial charge in [-0.15, -0.1) is 0 Å². The first kappa shape index (κ1) is 19.1. The summed E-state index contributed by atoms with van der Waals surface area (Å²) in [4.78, 5) is 30.6. The summed E-state index contributed by atoms with van der Waals surface area (Å²) in [7, 11) is 0. The summed E-state index contributed by atoms with van der Waals surface area (Å²) in [5.41, 5.74) is 1.09. The van der Waals surface area contributed by atoms with E-state index in [1.54, 1.807) is 17.0 Å². The van der Waals surface area contributed by atoms with E-state index >= 15 is 0 Å². The Morgan fingerprint density at radius 1 is 1.41 bits per heavy atom. The van der Waals surface area contributed by atoms with Gasteiger partial charge in [0.1, 0.15) is 16.9 Å². The lowest BCUT2D eigenvalue weighted by Crippen LogP contribution is -2.41. The van der Waals surface area contributed by atoms with Crippen LogP contribution in [-0.4, -0.2) is 40.9 Å². The summed E-state index contributed by atoms with van der Waals surface area (Å²) in [5, 5.41) is 2.96. The lowest BCUT2D eigenvalue weighted by atomic mass is 10.2. The number of aromatic nitrogens is 1. The van der Waals surface area contributed by atoms with Crippen LogP contribution < -0.4 is 10.1 Å². The summed E-state index contributed by atoms with van der Waals surface area (Å²) in [5.74, 6) is -0.649. The zero-order valence-corrected chi connectivity index (χ0v) is 15.5. The smallest absolute Gasteiger partial charge is 0.253 e. The van der Waals surface area contributed by atoms with E-state index in [9.17, 15) is 14.0 Å². The van der Waals surface area contributed by atoms with Crippen LogP contribution in [0.2, 0.25) is 5.02 Å². The van der Waals surface area contributed by atoms with Gasteiger partial charge >= 0.3 is 0 Å². The molecule has 1 atom stereocenters. The molecule has 0 aliphatic carbocycles. The van der Waals surface area contributed by atoms with Crippen molar-refractivity contribution in [2.24, 2.45) is 0 Å². The van der Waals surface area contributed by atoms with Crippen molar-refractivity contribution in [1.82, 2.24) is 15.2 Å². The average molecular weight is 392 g/mol. The van der Waals surface area contributed by atoms with E-state index in [1.165, 1.54) is 24.4 Å². The van der Waals surface area contributed by atoms with E-state index < -0.39 is 11.9 Å². The van der Waals surface area contributed by atoms with Crippen molar-refractivity contribution in [3.63, 3.8) is 0 Å². The Kier molecular flexibility index (Phi) is 5.91. The number of hydrogen-bond donors (Lipinski definition) is 1. The Balaban J connectivity index is 1.61. The molecule has 1 saturated heterocycles. The van der Waals surface area contributed by atoms with E-state index in [-0.39, 0.29) is 28.2 Å². The van der Waals surface area contributed by atoms with Crippen molar-refractivity contribution in [3.05, 3.63) is 58.5 Å². The maximum absolute atomic E-state index is 13.0. The van der Waals surface area contributed by atoms with Crippen LogP contribution in [0.25, 0.3) is 0 Å². The summed E-state index contributed by atoms with van der Waals surface area (Å²) >= 11 is 6.05. The molecule has 27 heavy (non-hydrogen) atoms. The van der Waals surface area contributed by atoms with Gasteiger partial charge in [0, 0.05) is 19.3 Å². The molecule has 2 amide bonds. The van der Waals surface area contributed by atoms with Crippen LogP contribution in [0.15, 0.2) is 36.5 Å². The number of nitrogens with one attached hydrogen (secondary N) is 1. The molecule has 6 nitrogen and oxygen atoms in total.